The van der Waals surface area contributed by atoms with Crippen LogP contribution in [0.5, 0.6) is 0 Å². The molecule has 6 rings (SSSR count). The average Bonchev–Trinajstić information content (AvgIpc) is 3.51. The molecule has 2 aromatic heterocycles. The fourth-order valence-electron chi connectivity index (χ4n) is 5.54. The van der Waals surface area contributed by atoms with Crippen LogP contribution in [0.25, 0.3) is 5.65 Å². The molecule has 5 heterocycles. The van der Waals surface area contributed by atoms with E-state index in [1.807, 2.05) is 4.90 Å². The number of benzene rings is 1. The summed E-state index contributed by atoms with van der Waals surface area (Å²) in [6, 6.07) is 8.94. The van der Waals surface area contributed by atoms with Crippen LogP contribution in [0.4, 0.5) is 14.6 Å². The number of pyridine rings is 1. The van der Waals surface area contributed by atoms with Crippen LogP contribution in [-0.2, 0) is 9.53 Å². The number of rotatable bonds is 2. The number of carbonyl (C=O) groups excluding carboxylic acids is 1. The molecule has 33 heavy (non-hydrogen) atoms. The van der Waals surface area contributed by atoms with Gasteiger partial charge >= 0.3 is 0 Å². The quantitative estimate of drug-likeness (QED) is 0.597. The van der Waals surface area contributed by atoms with Crippen LogP contribution in [0.2, 0.25) is 0 Å². The molecular weight excluding hydrogens is 430 g/mol. The normalized spacial score (nSPS) is 26.9. The Morgan fingerprint density at radius 2 is 2.00 bits per heavy atom. The summed E-state index contributed by atoms with van der Waals surface area (Å²) in [5.74, 6) is -1.40. The molecule has 0 N–H and O–H groups in total. The summed E-state index contributed by atoms with van der Waals surface area (Å²) >= 11 is 0. The van der Waals surface area contributed by atoms with Crippen LogP contribution < -0.4 is 4.90 Å². The van der Waals surface area contributed by atoms with Crippen molar-refractivity contribution in [2.45, 2.75) is 37.0 Å². The van der Waals surface area contributed by atoms with Crippen LogP contribution in [0.1, 0.15) is 36.3 Å². The second-order valence-electron chi connectivity index (χ2n) is 8.77. The van der Waals surface area contributed by atoms with Crippen molar-refractivity contribution in [1.82, 2.24) is 19.5 Å². The summed E-state index contributed by atoms with van der Waals surface area (Å²) in [6.45, 7) is 1.39. The van der Waals surface area contributed by atoms with E-state index in [0.29, 0.717) is 42.1 Å². The fraction of sp³-hybridized carbons (Fsp3) is 0.391. The van der Waals surface area contributed by atoms with E-state index in [0.717, 1.165) is 18.9 Å². The molecule has 168 valence electrons. The fourth-order valence-corrected chi connectivity index (χ4v) is 5.54. The van der Waals surface area contributed by atoms with Crippen LogP contribution in [0.15, 0.2) is 36.7 Å². The van der Waals surface area contributed by atoms with Gasteiger partial charge in [0, 0.05) is 38.0 Å². The smallest absolute Gasteiger partial charge is 0.257 e. The number of nitriles is 1. The van der Waals surface area contributed by atoms with E-state index in [1.54, 1.807) is 21.5 Å². The first-order valence-electron chi connectivity index (χ1n) is 10.9. The molecule has 3 atom stereocenters. The number of carbonyl (C=O) groups is 1. The van der Waals surface area contributed by atoms with Crippen molar-refractivity contribution in [1.29, 1.82) is 5.26 Å². The van der Waals surface area contributed by atoms with Gasteiger partial charge in [-0.15, -0.1) is 0 Å². The molecule has 3 saturated heterocycles. The lowest BCUT2D eigenvalue weighted by molar-refractivity contribution is -0.141. The van der Waals surface area contributed by atoms with E-state index in [4.69, 9.17) is 4.74 Å². The maximum atomic E-state index is 14.2. The van der Waals surface area contributed by atoms with Gasteiger partial charge in [-0.3, -0.25) is 4.79 Å². The third-order valence-corrected chi connectivity index (χ3v) is 7.02. The third kappa shape index (κ3) is 2.92. The molecule has 0 saturated carbocycles. The maximum Gasteiger partial charge on any atom is 0.257 e. The molecule has 0 aliphatic carbocycles. The molecule has 0 radical (unpaired) electrons. The SMILES string of the molecule is N#Cc1ccc(N2CCC3(O[C@@H]4CCCN4C3=O)C(c3cc(F)cc(F)c3)C2)n2ncnc12. The van der Waals surface area contributed by atoms with Crippen LogP contribution in [-0.4, -0.2) is 56.9 Å². The number of aromatic nitrogens is 3. The van der Waals surface area contributed by atoms with Gasteiger partial charge in [0.05, 0.1) is 5.56 Å². The van der Waals surface area contributed by atoms with Crippen LogP contribution in [0, 0.1) is 23.0 Å². The van der Waals surface area contributed by atoms with Gasteiger partial charge in [0.2, 0.25) is 0 Å². The summed E-state index contributed by atoms with van der Waals surface area (Å²) in [6.07, 6.45) is 3.09. The Morgan fingerprint density at radius 3 is 2.76 bits per heavy atom. The lowest BCUT2D eigenvalue weighted by Gasteiger charge is -2.44. The van der Waals surface area contributed by atoms with Gasteiger partial charge in [-0.25, -0.2) is 13.8 Å². The van der Waals surface area contributed by atoms with E-state index < -0.39 is 23.2 Å². The highest BCUT2D eigenvalue weighted by molar-refractivity contribution is 5.89. The number of ether oxygens (including phenoxy) is 1. The molecule has 3 aliphatic rings. The molecular formula is C23H20F2N6O2. The second-order valence-corrected chi connectivity index (χ2v) is 8.77. The number of amides is 1. The number of hydrogen-bond acceptors (Lipinski definition) is 6. The predicted molar refractivity (Wildman–Crippen MR) is 112 cm³/mol. The number of fused-ring (bicyclic) bond motifs is 2. The first-order valence-corrected chi connectivity index (χ1v) is 10.9. The monoisotopic (exact) mass is 450 g/mol. The van der Waals surface area contributed by atoms with Crippen molar-refractivity contribution in [2.75, 3.05) is 24.5 Å². The zero-order chi connectivity index (χ0) is 22.7. The van der Waals surface area contributed by atoms with Crippen molar-refractivity contribution < 1.29 is 18.3 Å². The molecule has 3 fully saturated rings. The third-order valence-electron chi connectivity index (χ3n) is 7.02. The molecule has 1 aromatic carbocycles. The minimum absolute atomic E-state index is 0.106. The molecule has 0 bridgehead atoms. The Balaban J connectivity index is 1.44. The average molecular weight is 450 g/mol. The maximum absolute atomic E-state index is 14.2. The largest absolute Gasteiger partial charge is 0.356 e. The van der Waals surface area contributed by atoms with Crippen molar-refractivity contribution >= 4 is 17.4 Å². The van der Waals surface area contributed by atoms with E-state index in [2.05, 4.69) is 16.2 Å². The van der Waals surface area contributed by atoms with Crippen molar-refractivity contribution in [3.05, 3.63) is 59.4 Å². The molecule has 10 heteroatoms. The second kappa shape index (κ2) is 7.22. The standard InChI is InChI=1S/C23H20F2N6O2/c24-16-8-15(9-17(25)10-16)18-12-29(19-4-3-14(11-26)21-27-13-28-31(19)21)7-5-23(18)22(32)30-6-1-2-20(30)33-23/h3-4,8-10,13,18,20H,1-2,5-7,12H2/t18?,20-,23?/m1/s1. The first-order chi connectivity index (χ1) is 16.0. The number of nitrogens with zero attached hydrogens (tertiary/aromatic N) is 6. The first kappa shape index (κ1) is 20.1. The number of halogens is 2. The Morgan fingerprint density at radius 1 is 1.18 bits per heavy atom. The summed E-state index contributed by atoms with van der Waals surface area (Å²) in [7, 11) is 0. The number of hydrogen-bond donors (Lipinski definition) is 0. The van der Waals surface area contributed by atoms with Gasteiger partial charge in [0.25, 0.3) is 5.91 Å². The van der Waals surface area contributed by atoms with Gasteiger partial charge in [0.1, 0.15) is 36.1 Å². The Bertz CT molecular complexity index is 1300. The number of anilines is 1. The van der Waals surface area contributed by atoms with Crippen LogP contribution in [0.3, 0.4) is 0 Å². The van der Waals surface area contributed by atoms with E-state index in [9.17, 15) is 18.8 Å². The Hall–Kier alpha value is -3.58. The van der Waals surface area contributed by atoms with Gasteiger partial charge in [-0.05, 0) is 42.7 Å². The van der Waals surface area contributed by atoms with Crippen molar-refractivity contribution in [2.24, 2.45) is 0 Å². The van der Waals surface area contributed by atoms with Crippen molar-refractivity contribution in [3.8, 4) is 6.07 Å². The molecule has 3 aromatic rings. The van der Waals surface area contributed by atoms with Gasteiger partial charge in [-0.2, -0.15) is 14.9 Å². The lowest BCUT2D eigenvalue weighted by Crippen LogP contribution is -2.56. The summed E-state index contributed by atoms with van der Waals surface area (Å²) < 4.78 is 36.4. The molecule has 8 nitrogen and oxygen atoms in total. The lowest BCUT2D eigenvalue weighted by atomic mass is 9.76. The topological polar surface area (TPSA) is 86.8 Å². The molecule has 1 amide bonds. The highest BCUT2D eigenvalue weighted by Gasteiger charge is 2.60. The van der Waals surface area contributed by atoms with E-state index in [1.165, 1.54) is 18.5 Å². The minimum atomic E-state index is -1.17. The highest BCUT2D eigenvalue weighted by Crippen LogP contribution is 2.48. The van der Waals surface area contributed by atoms with Gasteiger partial charge < -0.3 is 14.5 Å². The summed E-state index contributed by atoms with van der Waals surface area (Å²) in [5, 5.41) is 13.6. The summed E-state index contributed by atoms with van der Waals surface area (Å²) in [4.78, 5) is 21.5. The molecule has 1 spiro atoms. The molecule has 2 unspecified atom stereocenters. The van der Waals surface area contributed by atoms with Gasteiger partial charge in [-0.1, -0.05) is 0 Å². The van der Waals surface area contributed by atoms with E-state index >= 15 is 0 Å². The summed E-state index contributed by atoms with van der Waals surface area (Å²) in [5.41, 5.74) is 0.0340. The molecule has 3 aliphatic heterocycles. The predicted octanol–water partition coefficient (Wildman–Crippen LogP) is 2.59. The Kier molecular flexibility index (Phi) is 4.39. The zero-order valence-electron chi connectivity index (χ0n) is 17.6. The van der Waals surface area contributed by atoms with Crippen LogP contribution >= 0.6 is 0 Å². The highest BCUT2D eigenvalue weighted by atomic mass is 19.1. The van der Waals surface area contributed by atoms with Crippen molar-refractivity contribution in [3.63, 3.8) is 0 Å². The zero-order valence-corrected chi connectivity index (χ0v) is 17.6. The van der Waals surface area contributed by atoms with Gasteiger partial charge in [0.15, 0.2) is 11.2 Å². The minimum Gasteiger partial charge on any atom is -0.356 e. The Labute approximate surface area is 188 Å². The van der Waals surface area contributed by atoms with E-state index in [-0.39, 0.29) is 18.7 Å². The number of piperidine rings is 1.